The van der Waals surface area contributed by atoms with Crippen molar-refractivity contribution in [3.05, 3.63) is 11.5 Å². The van der Waals surface area contributed by atoms with E-state index in [1.54, 1.807) is 12.0 Å². The molecule has 1 rings (SSSR count). The van der Waals surface area contributed by atoms with E-state index in [4.69, 9.17) is 19.9 Å². The largest absolute Gasteiger partial charge is 0.444 e. The third-order valence-electron chi connectivity index (χ3n) is 5.06. The van der Waals surface area contributed by atoms with Gasteiger partial charge in [0.2, 0.25) is 0 Å². The van der Waals surface area contributed by atoms with Gasteiger partial charge >= 0.3 is 6.09 Å². The summed E-state index contributed by atoms with van der Waals surface area (Å²) in [4.78, 5) is 28.5. The van der Waals surface area contributed by atoms with Crippen LogP contribution < -0.4 is 5.73 Å². The van der Waals surface area contributed by atoms with Crippen molar-refractivity contribution in [1.29, 1.82) is 0 Å². The van der Waals surface area contributed by atoms with Gasteiger partial charge in [0.05, 0.1) is 0 Å². The van der Waals surface area contributed by atoms with E-state index >= 15 is 0 Å². The van der Waals surface area contributed by atoms with Gasteiger partial charge in [-0.05, 0) is 59.4 Å². The molecule has 0 spiro atoms. The zero-order valence-electron chi connectivity index (χ0n) is 21.0. The minimum absolute atomic E-state index is 0.142. The number of amides is 1. The molecule has 188 valence electrons. The highest BCUT2D eigenvalue weighted by molar-refractivity contribution is 5.97. The second-order valence-corrected chi connectivity index (χ2v) is 8.97. The molecule has 10 nitrogen and oxygen atoms in total. The minimum atomic E-state index is -0.505. The molecule has 1 aliphatic heterocycles. The number of methoxy groups -OCH3 is 1. The van der Waals surface area contributed by atoms with Crippen LogP contribution in [0.25, 0.3) is 0 Å². The molecule has 0 aromatic carbocycles. The van der Waals surface area contributed by atoms with Gasteiger partial charge in [-0.3, -0.25) is 4.99 Å². The first kappa shape index (κ1) is 28.6. The van der Waals surface area contributed by atoms with Crippen molar-refractivity contribution in [3.63, 3.8) is 0 Å². The molecule has 10 heteroatoms. The average Bonchev–Trinajstić information content (AvgIpc) is 2.76. The van der Waals surface area contributed by atoms with E-state index in [0.717, 1.165) is 25.7 Å². The number of aliphatic imine (C=N–C) groups is 3. The van der Waals surface area contributed by atoms with Gasteiger partial charge in [0, 0.05) is 33.4 Å². The third kappa shape index (κ3) is 10.3. The molecule has 1 fully saturated rings. The van der Waals surface area contributed by atoms with Gasteiger partial charge in [-0.25, -0.2) is 14.8 Å². The van der Waals surface area contributed by atoms with Gasteiger partial charge in [-0.2, -0.15) is 0 Å². The van der Waals surface area contributed by atoms with E-state index in [1.807, 2.05) is 25.7 Å². The first-order valence-electron chi connectivity index (χ1n) is 11.4. The second-order valence-electron chi connectivity index (χ2n) is 8.97. The second kappa shape index (κ2) is 14.6. The number of unbranched alkanes of at least 4 members (excludes halogenated alkanes) is 1. The average molecular weight is 467 g/mol. The number of likely N-dealkylation sites (tertiary alicyclic amines) is 1. The Kier molecular flexibility index (Phi) is 12.7. The number of piperidine rings is 1. The zero-order chi connectivity index (χ0) is 24.9. The quantitative estimate of drug-likeness (QED) is 0.193. The lowest BCUT2D eigenvalue weighted by Crippen LogP contribution is -2.44. The monoisotopic (exact) mass is 466 g/mol. The molecule has 0 saturated carbocycles. The molecule has 1 amide bonds. The molecule has 1 aliphatic rings. The lowest BCUT2D eigenvalue weighted by Gasteiger charge is -2.36. The molecule has 0 aromatic rings. The maximum Gasteiger partial charge on any atom is 0.410 e. The normalized spacial score (nSPS) is 16.3. The van der Waals surface area contributed by atoms with Crippen molar-refractivity contribution in [3.8, 4) is 0 Å². The maximum atomic E-state index is 12.3. The van der Waals surface area contributed by atoms with Crippen molar-refractivity contribution >= 4 is 25.4 Å². The van der Waals surface area contributed by atoms with Gasteiger partial charge in [-0.15, -0.1) is 0 Å². The number of amidine groups is 1. The van der Waals surface area contributed by atoms with Crippen molar-refractivity contribution in [2.24, 2.45) is 26.6 Å². The summed E-state index contributed by atoms with van der Waals surface area (Å²) in [5, 5.41) is 0. The summed E-state index contributed by atoms with van der Waals surface area (Å²) < 4.78 is 16.3. The van der Waals surface area contributed by atoms with Crippen LogP contribution in [-0.2, 0) is 14.2 Å². The molecule has 2 N–H and O–H groups in total. The first-order chi connectivity index (χ1) is 15.7. The Balaban J connectivity index is 2.86. The Labute approximate surface area is 198 Å². The Hall–Kier alpha value is -2.46. The zero-order valence-corrected chi connectivity index (χ0v) is 21.0. The molecule has 33 heavy (non-hydrogen) atoms. The van der Waals surface area contributed by atoms with E-state index in [9.17, 15) is 4.79 Å². The number of nitrogens with zero attached hydrogens (tertiary/aromatic N) is 5. The fourth-order valence-electron chi connectivity index (χ4n) is 3.38. The number of hydrogen-bond acceptors (Lipinski definition) is 8. The fraction of sp³-hybridized carbons (Fsp3) is 0.739. The Morgan fingerprint density at radius 2 is 1.88 bits per heavy atom. The Morgan fingerprint density at radius 3 is 2.39 bits per heavy atom. The summed E-state index contributed by atoms with van der Waals surface area (Å²) in [7, 11) is 1.61. The summed E-state index contributed by atoms with van der Waals surface area (Å²) in [5.74, 6) is 0.957. The van der Waals surface area contributed by atoms with Crippen LogP contribution in [0.1, 0.15) is 53.4 Å². The molecule has 0 aromatic heterocycles. The predicted octanol–water partition coefficient (Wildman–Crippen LogP) is 3.24. The number of carbonyl (C=O) groups is 1. The lowest BCUT2D eigenvalue weighted by molar-refractivity contribution is 0.0147. The number of rotatable bonds is 13. The van der Waals surface area contributed by atoms with Crippen LogP contribution in [0, 0.1) is 5.92 Å². The van der Waals surface area contributed by atoms with Crippen LogP contribution in [0.3, 0.4) is 0 Å². The summed E-state index contributed by atoms with van der Waals surface area (Å²) in [6.45, 7) is 18.0. The Morgan fingerprint density at radius 1 is 1.21 bits per heavy atom. The highest BCUT2D eigenvalue weighted by atomic mass is 16.6. The van der Waals surface area contributed by atoms with Crippen LogP contribution in [0.15, 0.2) is 26.5 Å². The van der Waals surface area contributed by atoms with E-state index in [0.29, 0.717) is 43.7 Å². The van der Waals surface area contributed by atoms with Gasteiger partial charge in [-0.1, -0.05) is 13.3 Å². The predicted molar refractivity (Wildman–Crippen MR) is 133 cm³/mol. The molecule has 0 unspecified atom stereocenters. The van der Waals surface area contributed by atoms with Crippen molar-refractivity contribution < 1.29 is 19.0 Å². The van der Waals surface area contributed by atoms with E-state index < -0.39 is 5.60 Å². The standard InChI is InChI=1S/C23H42N6O4/c1-8-9-14-32-16-27-20(24)19(25-5)21(26-6)29(17-31-7)15-18-10-12-28(13-11-18)22(30)33-23(2,3)4/h18H,5-6,8-17H2,1-4,7H3,(H2,24,27)/b21-19-. The number of hydrogen-bond donors (Lipinski definition) is 1. The molecular weight excluding hydrogens is 424 g/mol. The molecular formula is C23H42N6O4. The number of ether oxygens (including phenoxy) is 3. The van der Waals surface area contributed by atoms with Gasteiger partial charge in [0.25, 0.3) is 0 Å². The number of nitrogens with two attached hydrogens (primary N) is 1. The third-order valence-corrected chi connectivity index (χ3v) is 5.06. The van der Waals surface area contributed by atoms with Crippen LogP contribution in [-0.4, -0.2) is 87.6 Å². The van der Waals surface area contributed by atoms with Crippen LogP contribution >= 0.6 is 0 Å². The summed E-state index contributed by atoms with van der Waals surface area (Å²) in [5.41, 5.74) is 5.99. The molecule has 0 aliphatic carbocycles. The topological polar surface area (TPSA) is 114 Å². The highest BCUT2D eigenvalue weighted by Gasteiger charge is 2.28. The maximum absolute atomic E-state index is 12.3. The Bertz CT molecular complexity index is 694. The summed E-state index contributed by atoms with van der Waals surface area (Å²) in [6.07, 6.45) is 3.40. The van der Waals surface area contributed by atoms with Crippen LogP contribution in [0.4, 0.5) is 4.79 Å². The van der Waals surface area contributed by atoms with Crippen molar-refractivity contribution in [2.45, 2.75) is 59.0 Å². The first-order valence-corrected chi connectivity index (χ1v) is 11.4. The molecule has 1 saturated heterocycles. The highest BCUT2D eigenvalue weighted by Crippen LogP contribution is 2.23. The molecule has 0 radical (unpaired) electrons. The lowest BCUT2D eigenvalue weighted by atomic mass is 9.96. The minimum Gasteiger partial charge on any atom is -0.444 e. The summed E-state index contributed by atoms with van der Waals surface area (Å²) in [6, 6.07) is 0. The van der Waals surface area contributed by atoms with Gasteiger partial charge in [0.15, 0.2) is 11.7 Å². The molecule has 0 bridgehead atoms. The molecule has 1 heterocycles. The fourth-order valence-corrected chi connectivity index (χ4v) is 3.38. The van der Waals surface area contributed by atoms with E-state index in [2.05, 4.69) is 35.3 Å². The van der Waals surface area contributed by atoms with Crippen LogP contribution in [0.5, 0.6) is 0 Å². The van der Waals surface area contributed by atoms with Gasteiger partial charge in [0.1, 0.15) is 24.8 Å². The smallest absolute Gasteiger partial charge is 0.410 e. The van der Waals surface area contributed by atoms with E-state index in [-0.39, 0.29) is 25.4 Å². The summed E-state index contributed by atoms with van der Waals surface area (Å²) >= 11 is 0. The van der Waals surface area contributed by atoms with Crippen LogP contribution in [0.2, 0.25) is 0 Å². The van der Waals surface area contributed by atoms with E-state index in [1.165, 1.54) is 0 Å². The van der Waals surface area contributed by atoms with Gasteiger partial charge < -0.3 is 29.7 Å². The van der Waals surface area contributed by atoms with Crippen molar-refractivity contribution in [1.82, 2.24) is 9.80 Å². The number of carbonyl (C=O) groups excluding carboxylic acids is 1. The molecule has 0 atom stereocenters. The SMILES string of the molecule is C=NC(=C(/N=C)N(COC)CC1CCN(C(=O)OC(C)(C)C)CC1)/C(N)=N\COCCCC. The van der Waals surface area contributed by atoms with Crippen molar-refractivity contribution in [2.75, 3.05) is 46.8 Å².